The molecule has 0 spiro atoms. The third-order valence-electron chi connectivity index (χ3n) is 0.760. The van der Waals surface area contributed by atoms with Crippen LogP contribution in [0.25, 0.3) is 0 Å². The molecule has 46 valence electrons. The molecule has 0 bridgehead atoms. The van der Waals surface area contributed by atoms with Gasteiger partial charge in [0.25, 0.3) is 0 Å². The molecule has 0 saturated carbocycles. The Labute approximate surface area is 53.1 Å². The lowest BCUT2D eigenvalue weighted by Crippen LogP contribution is -1.72. The van der Waals surface area contributed by atoms with Crippen molar-refractivity contribution in [2.45, 2.75) is 13.8 Å². The predicted octanol–water partition coefficient (Wildman–Crippen LogP) is 0.749. The number of nitrogens with zero attached hydrogens (tertiary/aromatic N) is 2. The summed E-state index contributed by atoms with van der Waals surface area (Å²) in [4.78, 5) is 3.85. The van der Waals surface area contributed by atoms with Gasteiger partial charge in [-0.2, -0.15) is 4.98 Å². The maximum absolute atomic E-state index is 4.67. The highest BCUT2D eigenvalue weighted by Crippen LogP contribution is 1.91. The first-order valence-corrected chi connectivity index (χ1v) is 2.56. The van der Waals surface area contributed by atoms with Gasteiger partial charge in [-0.1, -0.05) is 11.1 Å². The molecular formula is C6H6N2O. The number of aromatic nitrogens is 2. The molecule has 0 unspecified atom stereocenters. The molecule has 0 aliphatic rings. The van der Waals surface area contributed by atoms with Gasteiger partial charge in [0.2, 0.25) is 0 Å². The number of hydrogen-bond acceptors (Lipinski definition) is 3. The van der Waals surface area contributed by atoms with Crippen LogP contribution in [0, 0.1) is 18.8 Å². The summed E-state index contributed by atoms with van der Waals surface area (Å²) in [5.41, 5.74) is 0. The van der Waals surface area contributed by atoms with Gasteiger partial charge in [0.1, 0.15) is 0 Å². The molecular weight excluding hydrogens is 116 g/mol. The normalized spacial score (nSPS) is 8.22. The highest BCUT2D eigenvalue weighted by atomic mass is 16.5. The Morgan fingerprint density at radius 1 is 1.56 bits per heavy atom. The van der Waals surface area contributed by atoms with E-state index in [0.29, 0.717) is 11.7 Å². The van der Waals surface area contributed by atoms with Crippen LogP contribution >= 0.6 is 0 Å². The minimum atomic E-state index is 0.384. The van der Waals surface area contributed by atoms with Crippen molar-refractivity contribution in [3.05, 3.63) is 11.7 Å². The molecule has 3 heteroatoms. The monoisotopic (exact) mass is 122 g/mol. The molecule has 0 amide bonds. The minimum Gasteiger partial charge on any atom is -0.325 e. The Hall–Kier alpha value is -1.30. The van der Waals surface area contributed by atoms with Crippen LogP contribution in [0.4, 0.5) is 0 Å². The maximum Gasteiger partial charge on any atom is 0.302 e. The van der Waals surface area contributed by atoms with Crippen LogP contribution in [0.3, 0.4) is 0 Å². The van der Waals surface area contributed by atoms with Crippen LogP contribution < -0.4 is 0 Å². The molecule has 1 aromatic heterocycles. The molecule has 1 heterocycles. The fraction of sp³-hybridized carbons (Fsp3) is 0.333. The maximum atomic E-state index is 4.67. The second-order valence-corrected chi connectivity index (χ2v) is 1.52. The first kappa shape index (κ1) is 5.83. The highest BCUT2D eigenvalue weighted by Gasteiger charge is 1.94. The summed E-state index contributed by atoms with van der Waals surface area (Å²) in [5.74, 6) is 6.29. The molecule has 0 fully saturated rings. The topological polar surface area (TPSA) is 38.9 Å². The van der Waals surface area contributed by atoms with Crippen molar-refractivity contribution in [2.24, 2.45) is 0 Å². The molecule has 9 heavy (non-hydrogen) atoms. The van der Waals surface area contributed by atoms with E-state index in [9.17, 15) is 0 Å². The van der Waals surface area contributed by atoms with E-state index in [1.54, 1.807) is 13.8 Å². The summed E-state index contributed by atoms with van der Waals surface area (Å²) in [6.45, 7) is 3.48. The van der Waals surface area contributed by atoms with Crippen molar-refractivity contribution in [2.75, 3.05) is 0 Å². The van der Waals surface area contributed by atoms with Gasteiger partial charge in [-0.05, 0) is 19.8 Å². The van der Waals surface area contributed by atoms with E-state index in [4.69, 9.17) is 0 Å². The summed E-state index contributed by atoms with van der Waals surface area (Å²) in [6.07, 6.45) is 0. The minimum absolute atomic E-state index is 0.384. The van der Waals surface area contributed by atoms with E-state index in [0.717, 1.165) is 0 Å². The van der Waals surface area contributed by atoms with Crippen molar-refractivity contribution < 1.29 is 4.52 Å². The molecule has 1 aromatic rings. The standard InChI is InChI=1S/C6H6N2O/c1-3-4-6-7-5(2)8-9-6/h1-2H3. The zero-order chi connectivity index (χ0) is 6.69. The summed E-state index contributed by atoms with van der Waals surface area (Å²) in [5, 5.41) is 3.55. The smallest absolute Gasteiger partial charge is 0.302 e. The van der Waals surface area contributed by atoms with E-state index in [-0.39, 0.29) is 0 Å². The van der Waals surface area contributed by atoms with Crippen LogP contribution in [0.1, 0.15) is 18.6 Å². The van der Waals surface area contributed by atoms with E-state index < -0.39 is 0 Å². The van der Waals surface area contributed by atoms with Gasteiger partial charge in [-0.3, -0.25) is 0 Å². The third-order valence-corrected chi connectivity index (χ3v) is 0.760. The van der Waals surface area contributed by atoms with E-state index in [2.05, 4.69) is 26.5 Å². The van der Waals surface area contributed by atoms with E-state index in [1.165, 1.54) is 0 Å². The lowest BCUT2D eigenvalue weighted by Gasteiger charge is -1.66. The number of aryl methyl sites for hydroxylation is 1. The molecule has 3 nitrogen and oxygen atoms in total. The van der Waals surface area contributed by atoms with Crippen molar-refractivity contribution in [1.82, 2.24) is 10.1 Å². The van der Waals surface area contributed by atoms with E-state index in [1.807, 2.05) is 0 Å². The van der Waals surface area contributed by atoms with Crippen LogP contribution in [-0.2, 0) is 0 Å². The van der Waals surface area contributed by atoms with Gasteiger partial charge in [-0.15, -0.1) is 0 Å². The summed E-state index contributed by atoms with van der Waals surface area (Å²) < 4.78 is 4.67. The molecule has 0 aliphatic carbocycles. The molecule has 1 rings (SSSR count). The lowest BCUT2D eigenvalue weighted by atomic mass is 10.6. The van der Waals surface area contributed by atoms with Gasteiger partial charge < -0.3 is 4.52 Å². The largest absolute Gasteiger partial charge is 0.325 e. The first-order chi connectivity index (χ1) is 4.33. The molecule has 0 N–H and O–H groups in total. The highest BCUT2D eigenvalue weighted by molar-refractivity contribution is 5.15. The molecule has 0 aliphatic heterocycles. The summed E-state index contributed by atoms with van der Waals surface area (Å²) in [6, 6.07) is 0. The number of rotatable bonds is 0. The Bertz CT molecular complexity index is 254. The Kier molecular flexibility index (Phi) is 1.50. The molecule has 0 aromatic carbocycles. The van der Waals surface area contributed by atoms with Gasteiger partial charge in [-0.25, -0.2) is 0 Å². The average Bonchev–Trinajstić information content (AvgIpc) is 2.17. The fourth-order valence-electron chi connectivity index (χ4n) is 0.455. The molecule has 0 radical (unpaired) electrons. The van der Waals surface area contributed by atoms with Crippen molar-refractivity contribution in [3.8, 4) is 11.8 Å². The van der Waals surface area contributed by atoms with Gasteiger partial charge in [0.15, 0.2) is 5.82 Å². The van der Waals surface area contributed by atoms with Crippen molar-refractivity contribution in [3.63, 3.8) is 0 Å². The first-order valence-electron chi connectivity index (χ1n) is 2.56. The molecule has 0 atom stereocenters. The Balaban J connectivity index is 2.93. The van der Waals surface area contributed by atoms with Crippen LogP contribution in [0.2, 0.25) is 0 Å². The molecule has 0 saturated heterocycles. The quantitative estimate of drug-likeness (QED) is 0.476. The van der Waals surface area contributed by atoms with E-state index >= 15 is 0 Å². The van der Waals surface area contributed by atoms with Gasteiger partial charge in [0.05, 0.1) is 0 Å². The second kappa shape index (κ2) is 2.31. The third kappa shape index (κ3) is 1.29. The summed E-state index contributed by atoms with van der Waals surface area (Å²) >= 11 is 0. The van der Waals surface area contributed by atoms with Crippen LogP contribution in [0.15, 0.2) is 4.52 Å². The second-order valence-electron chi connectivity index (χ2n) is 1.52. The predicted molar refractivity (Wildman–Crippen MR) is 31.6 cm³/mol. The number of hydrogen-bond donors (Lipinski definition) is 0. The van der Waals surface area contributed by atoms with Gasteiger partial charge >= 0.3 is 5.89 Å². The Morgan fingerprint density at radius 2 is 2.33 bits per heavy atom. The zero-order valence-corrected chi connectivity index (χ0v) is 5.30. The average molecular weight is 122 g/mol. The van der Waals surface area contributed by atoms with Crippen LogP contribution in [0.5, 0.6) is 0 Å². The zero-order valence-electron chi connectivity index (χ0n) is 5.30. The van der Waals surface area contributed by atoms with Gasteiger partial charge in [0, 0.05) is 0 Å². The summed E-state index contributed by atoms with van der Waals surface area (Å²) in [7, 11) is 0. The SMILES string of the molecule is CC#Cc1nc(C)no1. The Morgan fingerprint density at radius 3 is 2.78 bits per heavy atom. The van der Waals surface area contributed by atoms with Crippen molar-refractivity contribution in [1.29, 1.82) is 0 Å². The lowest BCUT2D eigenvalue weighted by molar-refractivity contribution is 0.403. The van der Waals surface area contributed by atoms with Crippen LogP contribution in [-0.4, -0.2) is 10.1 Å². The van der Waals surface area contributed by atoms with Crippen molar-refractivity contribution >= 4 is 0 Å². The fourth-order valence-corrected chi connectivity index (χ4v) is 0.455.